The summed E-state index contributed by atoms with van der Waals surface area (Å²) in [4.78, 5) is 0. The van der Waals surface area contributed by atoms with Gasteiger partial charge in [-0.05, 0) is 24.5 Å². The standard InChI is InChI=1S/C14H22BrNS/c1-9(2)11(4)17-14(10(3)16)12-7-5-6-8-13(12)15/h5-11,14H,16H2,1-4H3. The van der Waals surface area contributed by atoms with Crippen LogP contribution in [0.3, 0.4) is 0 Å². The van der Waals surface area contributed by atoms with Gasteiger partial charge in [0.2, 0.25) is 0 Å². The third-order valence-electron chi connectivity index (χ3n) is 2.99. The predicted octanol–water partition coefficient (Wildman–Crippen LogP) is 4.62. The fraction of sp³-hybridized carbons (Fsp3) is 0.571. The molecule has 1 aromatic rings. The molecule has 0 aliphatic heterocycles. The predicted molar refractivity (Wildman–Crippen MR) is 82.4 cm³/mol. The topological polar surface area (TPSA) is 26.0 Å². The van der Waals surface area contributed by atoms with Gasteiger partial charge in [0.15, 0.2) is 0 Å². The number of hydrogen-bond acceptors (Lipinski definition) is 2. The molecule has 3 atom stereocenters. The van der Waals surface area contributed by atoms with E-state index in [-0.39, 0.29) is 6.04 Å². The lowest BCUT2D eigenvalue weighted by molar-refractivity contribution is 0.631. The number of benzene rings is 1. The summed E-state index contributed by atoms with van der Waals surface area (Å²) in [5, 5.41) is 0.959. The van der Waals surface area contributed by atoms with Crippen LogP contribution in [0.2, 0.25) is 0 Å². The Hall–Kier alpha value is 0.01000. The first-order chi connectivity index (χ1) is 7.93. The Balaban J connectivity index is 2.91. The molecule has 0 amide bonds. The van der Waals surface area contributed by atoms with Gasteiger partial charge in [0.1, 0.15) is 0 Å². The molecule has 1 nitrogen and oxygen atoms in total. The quantitative estimate of drug-likeness (QED) is 0.858. The Morgan fingerprint density at radius 2 is 1.71 bits per heavy atom. The van der Waals surface area contributed by atoms with Crippen LogP contribution in [0, 0.1) is 5.92 Å². The van der Waals surface area contributed by atoms with E-state index < -0.39 is 0 Å². The van der Waals surface area contributed by atoms with Crippen LogP contribution < -0.4 is 5.73 Å². The van der Waals surface area contributed by atoms with Crippen LogP contribution in [0.5, 0.6) is 0 Å². The highest BCUT2D eigenvalue weighted by Gasteiger charge is 2.22. The Morgan fingerprint density at radius 3 is 2.18 bits per heavy atom. The van der Waals surface area contributed by atoms with Crippen LogP contribution in [0.1, 0.15) is 38.5 Å². The molecule has 0 saturated carbocycles. The molecule has 0 aliphatic rings. The second-order valence-corrected chi connectivity index (χ2v) is 7.26. The van der Waals surface area contributed by atoms with Crippen molar-refractivity contribution in [3.8, 4) is 0 Å². The Bertz CT molecular complexity index is 352. The lowest BCUT2D eigenvalue weighted by atomic mass is 10.1. The van der Waals surface area contributed by atoms with Crippen LogP contribution in [0.4, 0.5) is 0 Å². The summed E-state index contributed by atoms with van der Waals surface area (Å²) in [7, 11) is 0. The molecule has 0 aliphatic carbocycles. The number of rotatable bonds is 5. The van der Waals surface area contributed by atoms with Gasteiger partial charge in [-0.25, -0.2) is 0 Å². The van der Waals surface area contributed by atoms with Crippen molar-refractivity contribution in [2.45, 2.75) is 44.2 Å². The van der Waals surface area contributed by atoms with E-state index in [9.17, 15) is 0 Å². The van der Waals surface area contributed by atoms with Crippen LogP contribution in [0.25, 0.3) is 0 Å². The van der Waals surface area contributed by atoms with Gasteiger partial charge in [-0.1, -0.05) is 54.9 Å². The average molecular weight is 316 g/mol. The summed E-state index contributed by atoms with van der Waals surface area (Å²) in [6.45, 7) is 8.89. The van der Waals surface area contributed by atoms with E-state index in [2.05, 4.69) is 61.8 Å². The van der Waals surface area contributed by atoms with E-state index in [1.165, 1.54) is 5.56 Å². The Labute approximate surface area is 118 Å². The van der Waals surface area contributed by atoms with E-state index in [1.807, 2.05) is 17.8 Å². The molecule has 0 spiro atoms. The SMILES string of the molecule is CC(C)C(C)SC(c1ccccc1Br)C(C)N. The molecule has 2 N–H and O–H groups in total. The van der Waals surface area contributed by atoms with E-state index in [4.69, 9.17) is 5.73 Å². The minimum atomic E-state index is 0.153. The van der Waals surface area contributed by atoms with Crippen molar-refractivity contribution in [1.29, 1.82) is 0 Å². The van der Waals surface area contributed by atoms with Gasteiger partial charge in [0, 0.05) is 21.0 Å². The van der Waals surface area contributed by atoms with Crippen molar-refractivity contribution < 1.29 is 0 Å². The third-order valence-corrected chi connectivity index (χ3v) is 5.66. The zero-order valence-electron chi connectivity index (χ0n) is 11.0. The maximum Gasteiger partial charge on any atom is 0.0459 e. The van der Waals surface area contributed by atoms with Crippen LogP contribution in [-0.4, -0.2) is 11.3 Å². The summed E-state index contributed by atoms with van der Waals surface area (Å²) < 4.78 is 1.16. The van der Waals surface area contributed by atoms with Gasteiger partial charge in [-0.2, -0.15) is 0 Å². The number of halogens is 1. The summed E-state index contributed by atoms with van der Waals surface area (Å²) in [5.41, 5.74) is 7.45. The van der Waals surface area contributed by atoms with Gasteiger partial charge in [-0.15, -0.1) is 11.8 Å². The highest BCUT2D eigenvalue weighted by Crippen LogP contribution is 2.39. The van der Waals surface area contributed by atoms with Crippen molar-refractivity contribution in [2.75, 3.05) is 0 Å². The lowest BCUT2D eigenvalue weighted by Gasteiger charge is -2.27. The number of nitrogens with two attached hydrogens (primary N) is 1. The lowest BCUT2D eigenvalue weighted by Crippen LogP contribution is -2.25. The zero-order valence-corrected chi connectivity index (χ0v) is 13.4. The molecule has 0 saturated heterocycles. The number of thioether (sulfide) groups is 1. The minimum Gasteiger partial charge on any atom is -0.327 e. The minimum absolute atomic E-state index is 0.153. The van der Waals surface area contributed by atoms with Crippen molar-refractivity contribution in [2.24, 2.45) is 11.7 Å². The fourth-order valence-electron chi connectivity index (χ4n) is 1.57. The first kappa shape index (κ1) is 15.1. The highest BCUT2D eigenvalue weighted by molar-refractivity contribution is 9.10. The molecule has 0 heterocycles. The van der Waals surface area contributed by atoms with Crippen LogP contribution >= 0.6 is 27.7 Å². The third kappa shape index (κ3) is 4.31. The molecular formula is C14H22BrNS. The maximum atomic E-state index is 6.14. The molecule has 0 aromatic heterocycles. The molecule has 3 unspecified atom stereocenters. The first-order valence-corrected chi connectivity index (χ1v) is 7.82. The van der Waals surface area contributed by atoms with Gasteiger partial charge in [0.05, 0.1) is 0 Å². The molecule has 0 bridgehead atoms. The summed E-state index contributed by atoms with van der Waals surface area (Å²) in [5.74, 6) is 0.670. The number of hydrogen-bond donors (Lipinski definition) is 1. The van der Waals surface area contributed by atoms with Gasteiger partial charge >= 0.3 is 0 Å². The van der Waals surface area contributed by atoms with E-state index in [1.54, 1.807) is 0 Å². The summed E-state index contributed by atoms with van der Waals surface area (Å²) >= 11 is 5.60. The van der Waals surface area contributed by atoms with Gasteiger partial charge < -0.3 is 5.73 Å². The molecule has 3 heteroatoms. The van der Waals surface area contributed by atoms with E-state index in [0.29, 0.717) is 16.4 Å². The maximum absolute atomic E-state index is 6.14. The van der Waals surface area contributed by atoms with Crippen molar-refractivity contribution in [3.63, 3.8) is 0 Å². The molecule has 1 aromatic carbocycles. The molecule has 0 fully saturated rings. The molecule has 17 heavy (non-hydrogen) atoms. The normalized spacial score (nSPS) is 16.9. The van der Waals surface area contributed by atoms with Gasteiger partial charge in [-0.3, -0.25) is 0 Å². The molecular weight excluding hydrogens is 294 g/mol. The monoisotopic (exact) mass is 315 g/mol. The van der Waals surface area contributed by atoms with Crippen molar-refractivity contribution in [1.82, 2.24) is 0 Å². The van der Waals surface area contributed by atoms with Gasteiger partial charge in [0.25, 0.3) is 0 Å². The van der Waals surface area contributed by atoms with Crippen molar-refractivity contribution in [3.05, 3.63) is 34.3 Å². The average Bonchev–Trinajstić information content (AvgIpc) is 2.26. The fourth-order valence-corrected chi connectivity index (χ4v) is 3.63. The molecule has 1 rings (SSSR count). The second kappa shape index (κ2) is 6.81. The zero-order chi connectivity index (χ0) is 13.0. The molecule has 96 valence electrons. The Kier molecular flexibility index (Phi) is 6.04. The summed E-state index contributed by atoms with van der Waals surface area (Å²) in [6.07, 6.45) is 0. The van der Waals surface area contributed by atoms with Crippen molar-refractivity contribution >= 4 is 27.7 Å². The van der Waals surface area contributed by atoms with Crippen LogP contribution in [-0.2, 0) is 0 Å². The van der Waals surface area contributed by atoms with E-state index in [0.717, 1.165) is 4.47 Å². The largest absolute Gasteiger partial charge is 0.327 e. The Morgan fingerprint density at radius 1 is 1.12 bits per heavy atom. The second-order valence-electron chi connectivity index (χ2n) is 4.89. The highest BCUT2D eigenvalue weighted by atomic mass is 79.9. The summed E-state index contributed by atoms with van der Waals surface area (Å²) in [6, 6.07) is 8.53. The molecule has 0 radical (unpaired) electrons. The first-order valence-electron chi connectivity index (χ1n) is 6.09. The van der Waals surface area contributed by atoms with Crippen LogP contribution in [0.15, 0.2) is 28.7 Å². The van der Waals surface area contributed by atoms with E-state index >= 15 is 0 Å². The smallest absolute Gasteiger partial charge is 0.0459 e.